The maximum Gasteiger partial charge on any atom is 0.461 e. The van der Waals surface area contributed by atoms with Crippen molar-refractivity contribution in [3.05, 3.63) is 136 Å². The van der Waals surface area contributed by atoms with Crippen LogP contribution in [-0.2, 0) is 29.4 Å². The number of halogens is 10. The monoisotopic (exact) mass is 687 g/mol. The van der Waals surface area contributed by atoms with E-state index in [9.17, 15) is 49.1 Å². The zero-order valence-electron chi connectivity index (χ0n) is 24.2. The first-order chi connectivity index (χ1) is 22.4. The van der Waals surface area contributed by atoms with Crippen molar-refractivity contribution in [1.29, 1.82) is 0 Å². The molecule has 0 saturated carbocycles. The van der Waals surface area contributed by atoms with Crippen molar-refractivity contribution >= 4 is 11.9 Å². The first-order valence-corrected chi connectivity index (χ1v) is 13.8. The lowest BCUT2D eigenvalue weighted by Crippen LogP contribution is -2.49. The second-order valence-electron chi connectivity index (χ2n) is 10.6. The highest BCUT2D eigenvalue weighted by Gasteiger charge is 2.45. The van der Waals surface area contributed by atoms with Crippen LogP contribution < -0.4 is 10.1 Å². The third-order valence-electron chi connectivity index (χ3n) is 7.19. The van der Waals surface area contributed by atoms with E-state index in [0.29, 0.717) is 35.9 Å². The molecule has 0 aliphatic rings. The number of benzene rings is 4. The molecular formula is C33H23F10NO4. The van der Waals surface area contributed by atoms with Crippen LogP contribution in [-0.4, -0.2) is 29.5 Å². The number of carbonyl (C=O) groups excluding carboxylic acids is 1. The number of ether oxygens (including phenoxy) is 1. The molecule has 0 heterocycles. The highest BCUT2D eigenvalue weighted by Crippen LogP contribution is 2.39. The molecule has 0 bridgehead atoms. The van der Waals surface area contributed by atoms with Crippen molar-refractivity contribution in [2.24, 2.45) is 0 Å². The molecule has 0 aromatic heterocycles. The van der Waals surface area contributed by atoms with E-state index in [0.717, 1.165) is 18.2 Å². The van der Waals surface area contributed by atoms with Crippen molar-refractivity contribution in [3.8, 4) is 5.75 Å². The second-order valence-corrected chi connectivity index (χ2v) is 10.6. The Morgan fingerprint density at radius 3 is 2.08 bits per heavy atom. The van der Waals surface area contributed by atoms with Gasteiger partial charge in [-0.15, -0.1) is 0 Å². The minimum Gasteiger partial charge on any atom is -0.481 e. The van der Waals surface area contributed by atoms with E-state index in [-0.39, 0.29) is 17.2 Å². The fourth-order valence-electron chi connectivity index (χ4n) is 4.95. The van der Waals surface area contributed by atoms with E-state index in [2.05, 4.69) is 10.1 Å². The van der Waals surface area contributed by atoms with Gasteiger partial charge in [0.2, 0.25) is 0 Å². The summed E-state index contributed by atoms with van der Waals surface area (Å²) in [7, 11) is 0. The van der Waals surface area contributed by atoms with Gasteiger partial charge in [-0.1, -0.05) is 42.5 Å². The molecule has 0 spiro atoms. The van der Waals surface area contributed by atoms with Crippen LogP contribution in [0.5, 0.6) is 5.75 Å². The van der Waals surface area contributed by atoms with Crippen LogP contribution in [0.25, 0.3) is 0 Å². The average molecular weight is 688 g/mol. The molecule has 0 radical (unpaired) electrons. The van der Waals surface area contributed by atoms with E-state index >= 15 is 4.39 Å². The molecule has 1 unspecified atom stereocenters. The SMILES string of the molecule is O=C(O)CCc1cc(C(Cc2ccccc2)(NC(=O)c2ccc(F)c(C(F)(F)F)c2)c2cc(F)cc(OC(F)(F)C(F)F)c2)ccc1F. The van der Waals surface area contributed by atoms with Crippen molar-refractivity contribution in [2.45, 2.75) is 43.5 Å². The number of amides is 1. The lowest BCUT2D eigenvalue weighted by atomic mass is 9.76. The van der Waals surface area contributed by atoms with Crippen molar-refractivity contribution in [3.63, 3.8) is 0 Å². The number of rotatable bonds is 12. The largest absolute Gasteiger partial charge is 0.481 e. The van der Waals surface area contributed by atoms with Crippen LogP contribution in [0.15, 0.2) is 84.9 Å². The van der Waals surface area contributed by atoms with E-state index in [1.165, 1.54) is 24.3 Å². The first kappa shape index (κ1) is 35.8. The third-order valence-corrected chi connectivity index (χ3v) is 7.19. The standard InChI is InChI=1S/C33H23F10NO4/c34-23-14-22(15-24(16-23)48-33(42,43)30(37)38)31(17-18-4-2-1-3-5-18,21-8-10-26(35)19(12-21)7-11-28(45)46)44-29(47)20-6-9-27(36)25(13-20)32(39,40)41/h1-6,8-10,12-16,30H,7,11,17H2,(H,44,47)(H,45,46). The molecule has 1 atom stereocenters. The fourth-order valence-corrected chi connectivity index (χ4v) is 4.95. The van der Waals surface area contributed by atoms with Crippen molar-refractivity contribution < 1.29 is 63.3 Å². The molecule has 15 heteroatoms. The Labute approximate surface area is 265 Å². The highest BCUT2D eigenvalue weighted by molar-refractivity contribution is 5.95. The van der Waals surface area contributed by atoms with Gasteiger partial charge in [0.15, 0.2) is 0 Å². The molecule has 0 aliphatic carbocycles. The first-order valence-electron chi connectivity index (χ1n) is 13.8. The van der Waals surface area contributed by atoms with E-state index < -0.39 is 95.3 Å². The molecule has 4 rings (SSSR count). The molecule has 4 aromatic rings. The van der Waals surface area contributed by atoms with Gasteiger partial charge in [0, 0.05) is 24.5 Å². The molecule has 0 fully saturated rings. The van der Waals surface area contributed by atoms with Crippen LogP contribution in [0.1, 0.15) is 44.6 Å². The van der Waals surface area contributed by atoms with Crippen molar-refractivity contribution in [2.75, 3.05) is 0 Å². The Morgan fingerprint density at radius 2 is 1.46 bits per heavy atom. The molecule has 1 amide bonds. The number of hydrogen-bond donors (Lipinski definition) is 2. The molecular weight excluding hydrogens is 664 g/mol. The summed E-state index contributed by atoms with van der Waals surface area (Å²) < 4.78 is 143. The topological polar surface area (TPSA) is 75.6 Å². The van der Waals surface area contributed by atoms with Gasteiger partial charge in [-0.3, -0.25) is 9.59 Å². The number of hydrogen-bond acceptors (Lipinski definition) is 3. The molecule has 5 nitrogen and oxygen atoms in total. The summed E-state index contributed by atoms with van der Waals surface area (Å²) >= 11 is 0. The maximum atomic E-state index is 15.1. The van der Waals surface area contributed by atoms with Crippen LogP contribution >= 0.6 is 0 Å². The van der Waals surface area contributed by atoms with Gasteiger partial charge in [0.05, 0.1) is 11.1 Å². The smallest absolute Gasteiger partial charge is 0.461 e. The Kier molecular flexibility index (Phi) is 10.4. The van der Waals surface area contributed by atoms with Gasteiger partial charge in [-0.05, 0) is 65.1 Å². The van der Waals surface area contributed by atoms with E-state index in [4.69, 9.17) is 5.11 Å². The predicted octanol–water partition coefficient (Wildman–Crippen LogP) is 8.29. The summed E-state index contributed by atoms with van der Waals surface area (Å²) in [6.07, 6.45) is -16.1. The summed E-state index contributed by atoms with van der Waals surface area (Å²) in [4.78, 5) is 25.0. The average Bonchev–Trinajstić information content (AvgIpc) is 2.99. The number of carboxylic acid groups (broad SMARTS) is 1. The predicted molar refractivity (Wildman–Crippen MR) is 150 cm³/mol. The Bertz CT molecular complexity index is 1800. The summed E-state index contributed by atoms with van der Waals surface area (Å²) in [5.41, 5.74) is -5.35. The Morgan fingerprint density at radius 1 is 0.792 bits per heavy atom. The zero-order chi connectivity index (χ0) is 35.4. The Balaban J connectivity index is 2.02. The zero-order valence-corrected chi connectivity index (χ0v) is 24.2. The number of carboxylic acids is 1. The minimum absolute atomic E-state index is 0.156. The van der Waals surface area contributed by atoms with Gasteiger partial charge in [-0.2, -0.15) is 30.7 Å². The maximum absolute atomic E-state index is 15.1. The molecule has 48 heavy (non-hydrogen) atoms. The van der Waals surface area contributed by atoms with Crippen LogP contribution in [0.3, 0.4) is 0 Å². The van der Waals surface area contributed by atoms with Crippen LogP contribution in [0.2, 0.25) is 0 Å². The molecule has 254 valence electrons. The lowest BCUT2D eigenvalue weighted by molar-refractivity contribution is -0.253. The minimum atomic E-state index is -5.23. The summed E-state index contributed by atoms with van der Waals surface area (Å²) in [5, 5.41) is 11.6. The van der Waals surface area contributed by atoms with Crippen LogP contribution in [0.4, 0.5) is 43.9 Å². The number of nitrogens with one attached hydrogen (secondary N) is 1. The van der Waals surface area contributed by atoms with Gasteiger partial charge < -0.3 is 15.2 Å². The van der Waals surface area contributed by atoms with Crippen LogP contribution in [0, 0.1) is 17.5 Å². The van der Waals surface area contributed by atoms with Gasteiger partial charge in [-0.25, -0.2) is 13.2 Å². The fraction of sp³-hybridized carbons (Fsp3) is 0.212. The summed E-state index contributed by atoms with van der Waals surface area (Å²) in [6.45, 7) is 0. The van der Waals surface area contributed by atoms with Gasteiger partial charge >= 0.3 is 24.7 Å². The molecule has 0 aliphatic heterocycles. The number of carbonyl (C=O) groups is 2. The highest BCUT2D eigenvalue weighted by atomic mass is 19.4. The Hall–Kier alpha value is -5.08. The van der Waals surface area contributed by atoms with E-state index in [1.807, 2.05) is 0 Å². The van der Waals surface area contributed by atoms with Gasteiger partial charge in [0.1, 0.15) is 23.2 Å². The number of aryl methyl sites for hydroxylation is 1. The van der Waals surface area contributed by atoms with Crippen molar-refractivity contribution in [1.82, 2.24) is 5.32 Å². The summed E-state index contributed by atoms with van der Waals surface area (Å²) in [6, 6.07) is 13.6. The third kappa shape index (κ3) is 8.25. The number of alkyl halides is 7. The normalized spacial score (nSPS) is 13.2. The van der Waals surface area contributed by atoms with Gasteiger partial charge in [0.25, 0.3) is 5.91 Å². The van der Waals surface area contributed by atoms with E-state index in [1.54, 1.807) is 6.07 Å². The number of aliphatic carboxylic acids is 1. The molecule has 2 N–H and O–H groups in total. The molecule has 4 aromatic carbocycles. The summed E-state index contributed by atoms with van der Waals surface area (Å²) in [5.74, 6) is -7.74. The molecule has 0 saturated heterocycles. The quantitative estimate of drug-likeness (QED) is 0.147. The second kappa shape index (κ2) is 14.0. The lowest BCUT2D eigenvalue weighted by Gasteiger charge is -2.37.